The number of aromatic hydroxyl groups is 1. The summed E-state index contributed by atoms with van der Waals surface area (Å²) in [6.07, 6.45) is -4.41. The van der Waals surface area contributed by atoms with Crippen molar-refractivity contribution in [3.8, 4) is 5.75 Å². The lowest BCUT2D eigenvalue weighted by molar-refractivity contribution is -0.137. The summed E-state index contributed by atoms with van der Waals surface area (Å²) in [5.74, 6) is -0.308. The molecule has 0 bridgehead atoms. The Bertz CT molecular complexity index is 363. The molecule has 0 aliphatic rings. The molecule has 0 saturated heterocycles. The van der Waals surface area contributed by atoms with Crippen LogP contribution in [0.4, 0.5) is 13.2 Å². The van der Waals surface area contributed by atoms with E-state index < -0.39 is 11.7 Å². The Morgan fingerprint density at radius 2 is 1.32 bits per heavy atom. The molecule has 0 amide bonds. The highest BCUT2D eigenvalue weighted by Crippen LogP contribution is 2.36. The third-order valence-corrected chi connectivity index (χ3v) is 2.13. The lowest BCUT2D eigenvalue weighted by atomic mass is 9.86. The zero-order valence-corrected chi connectivity index (χ0v) is 12.8. The molecule has 1 rings (SSSR count). The van der Waals surface area contributed by atoms with Crippen LogP contribution in [0.5, 0.6) is 5.75 Å². The average Bonchev–Trinajstić information content (AvgIpc) is 2.31. The summed E-state index contributed by atoms with van der Waals surface area (Å²) < 4.78 is 36.9. The fourth-order valence-corrected chi connectivity index (χ4v) is 1.34. The average molecular weight is 278 g/mol. The Morgan fingerprint density at radius 1 is 0.895 bits per heavy atom. The van der Waals surface area contributed by atoms with Gasteiger partial charge in [-0.3, -0.25) is 0 Å². The third kappa shape index (κ3) is 6.50. The summed E-state index contributed by atoms with van der Waals surface area (Å²) in [5, 5.41) is 9.49. The largest absolute Gasteiger partial charge is 0.508 e. The Morgan fingerprint density at radius 3 is 1.58 bits per heavy atom. The zero-order valence-electron chi connectivity index (χ0n) is 12.8. The van der Waals surface area contributed by atoms with Gasteiger partial charge in [0.25, 0.3) is 0 Å². The topological polar surface area (TPSA) is 20.2 Å². The fraction of sp³-hybridized carbons (Fsp3) is 0.600. The minimum absolute atomic E-state index is 0.308. The molecule has 0 atom stereocenters. The van der Waals surface area contributed by atoms with Gasteiger partial charge in [0.05, 0.1) is 5.56 Å². The van der Waals surface area contributed by atoms with Gasteiger partial charge >= 0.3 is 6.18 Å². The van der Waals surface area contributed by atoms with Crippen LogP contribution in [0.2, 0.25) is 0 Å². The summed E-state index contributed by atoms with van der Waals surface area (Å²) in [7, 11) is 0. The minimum Gasteiger partial charge on any atom is -0.508 e. The van der Waals surface area contributed by atoms with Crippen LogP contribution in [0.25, 0.3) is 0 Å². The normalized spacial score (nSPS) is 10.8. The molecule has 1 N–H and O–H groups in total. The number of phenols is 1. The predicted molar refractivity (Wildman–Crippen MR) is 74.5 cm³/mol. The fourth-order valence-electron chi connectivity index (χ4n) is 1.34. The van der Waals surface area contributed by atoms with Gasteiger partial charge in [-0.05, 0) is 23.1 Å². The summed E-state index contributed by atoms with van der Waals surface area (Å²) in [5.41, 5.74) is -0.683. The first-order chi connectivity index (χ1) is 8.62. The van der Waals surface area contributed by atoms with Gasteiger partial charge in [-0.2, -0.15) is 13.2 Å². The molecular formula is C15H25F3O. The van der Waals surface area contributed by atoms with Crippen molar-refractivity contribution in [1.82, 2.24) is 0 Å². The van der Waals surface area contributed by atoms with E-state index in [-0.39, 0.29) is 11.2 Å². The monoisotopic (exact) mass is 278 g/mol. The van der Waals surface area contributed by atoms with Crippen molar-refractivity contribution in [2.75, 3.05) is 0 Å². The van der Waals surface area contributed by atoms with Crippen LogP contribution in [0.15, 0.2) is 18.2 Å². The van der Waals surface area contributed by atoms with Crippen LogP contribution in [0, 0.1) is 0 Å². The number of alkyl halides is 3. The highest BCUT2D eigenvalue weighted by molar-refractivity contribution is 5.41. The van der Waals surface area contributed by atoms with Crippen molar-refractivity contribution in [2.24, 2.45) is 0 Å². The second kappa shape index (κ2) is 8.08. The SMILES string of the molecule is CC.CC.CC(C)(C)c1ccc(C(F)(F)F)cc1O. The molecule has 19 heavy (non-hydrogen) atoms. The van der Waals surface area contributed by atoms with Gasteiger partial charge in [0, 0.05) is 0 Å². The van der Waals surface area contributed by atoms with E-state index >= 15 is 0 Å². The molecule has 1 aromatic carbocycles. The molecule has 0 aliphatic heterocycles. The maximum absolute atomic E-state index is 12.3. The van der Waals surface area contributed by atoms with Crippen LogP contribution < -0.4 is 0 Å². The lowest BCUT2D eigenvalue weighted by Gasteiger charge is -2.21. The number of hydrogen-bond acceptors (Lipinski definition) is 1. The molecular weight excluding hydrogens is 253 g/mol. The molecule has 112 valence electrons. The predicted octanol–water partition coefficient (Wildman–Crippen LogP) is 5.76. The zero-order chi connectivity index (χ0) is 15.9. The van der Waals surface area contributed by atoms with E-state index in [1.165, 1.54) is 6.07 Å². The van der Waals surface area contributed by atoms with E-state index in [1.54, 1.807) is 0 Å². The first-order valence-corrected chi connectivity index (χ1v) is 6.53. The van der Waals surface area contributed by atoms with Gasteiger partial charge in [0.1, 0.15) is 5.75 Å². The molecule has 4 heteroatoms. The Kier molecular flexibility index (Phi) is 8.56. The molecule has 1 aromatic rings. The number of rotatable bonds is 0. The molecule has 0 unspecified atom stereocenters. The first-order valence-electron chi connectivity index (χ1n) is 6.53. The van der Waals surface area contributed by atoms with Gasteiger partial charge in [-0.15, -0.1) is 0 Å². The van der Waals surface area contributed by atoms with E-state index in [1.807, 2.05) is 48.5 Å². The van der Waals surface area contributed by atoms with Gasteiger partial charge in [-0.1, -0.05) is 54.5 Å². The second-order valence-electron chi connectivity index (χ2n) is 4.48. The van der Waals surface area contributed by atoms with E-state index in [9.17, 15) is 18.3 Å². The smallest absolute Gasteiger partial charge is 0.416 e. The molecule has 0 fully saturated rings. The first kappa shape index (κ1) is 20.1. The van der Waals surface area contributed by atoms with Crippen LogP contribution in [0.1, 0.15) is 59.6 Å². The standard InChI is InChI=1S/C11H13F3O.2C2H6/c1-10(2,3)8-5-4-7(6-9(8)15)11(12,13)14;2*1-2/h4-6,15H,1-3H3;2*1-2H3. The van der Waals surface area contributed by atoms with Crippen LogP contribution in [0.3, 0.4) is 0 Å². The molecule has 0 aromatic heterocycles. The maximum Gasteiger partial charge on any atom is 0.416 e. The quantitative estimate of drug-likeness (QED) is 0.639. The highest BCUT2D eigenvalue weighted by atomic mass is 19.4. The van der Waals surface area contributed by atoms with Gasteiger partial charge in [0.15, 0.2) is 0 Å². The second-order valence-corrected chi connectivity index (χ2v) is 4.48. The summed E-state index contributed by atoms with van der Waals surface area (Å²) in [4.78, 5) is 0. The van der Waals surface area contributed by atoms with Gasteiger partial charge < -0.3 is 5.11 Å². The highest BCUT2D eigenvalue weighted by Gasteiger charge is 2.32. The van der Waals surface area contributed by atoms with E-state index in [4.69, 9.17) is 0 Å². The molecule has 1 nitrogen and oxygen atoms in total. The maximum atomic E-state index is 12.3. The minimum atomic E-state index is -4.41. The molecule has 0 radical (unpaired) electrons. The molecule has 0 aliphatic carbocycles. The molecule has 0 saturated carbocycles. The molecule has 0 heterocycles. The van der Waals surface area contributed by atoms with Crippen LogP contribution >= 0.6 is 0 Å². The van der Waals surface area contributed by atoms with Crippen LogP contribution in [-0.2, 0) is 11.6 Å². The Balaban J connectivity index is 0. The van der Waals surface area contributed by atoms with Crippen molar-refractivity contribution in [2.45, 2.75) is 60.1 Å². The number of halogens is 3. The summed E-state index contributed by atoms with van der Waals surface area (Å²) >= 11 is 0. The number of benzene rings is 1. The van der Waals surface area contributed by atoms with E-state index in [0.717, 1.165) is 12.1 Å². The van der Waals surface area contributed by atoms with E-state index in [0.29, 0.717) is 5.56 Å². The van der Waals surface area contributed by atoms with Crippen molar-refractivity contribution >= 4 is 0 Å². The van der Waals surface area contributed by atoms with E-state index in [2.05, 4.69) is 0 Å². The van der Waals surface area contributed by atoms with Gasteiger partial charge in [0.2, 0.25) is 0 Å². The van der Waals surface area contributed by atoms with Crippen molar-refractivity contribution < 1.29 is 18.3 Å². The number of phenolic OH excluding ortho intramolecular Hbond substituents is 1. The summed E-state index contributed by atoms with van der Waals surface area (Å²) in [6, 6.07) is 3.07. The van der Waals surface area contributed by atoms with Crippen molar-refractivity contribution in [1.29, 1.82) is 0 Å². The van der Waals surface area contributed by atoms with Crippen molar-refractivity contribution in [3.63, 3.8) is 0 Å². The van der Waals surface area contributed by atoms with Crippen molar-refractivity contribution in [3.05, 3.63) is 29.3 Å². The van der Waals surface area contributed by atoms with Crippen LogP contribution in [-0.4, -0.2) is 5.11 Å². The van der Waals surface area contributed by atoms with Gasteiger partial charge in [-0.25, -0.2) is 0 Å². The molecule has 0 spiro atoms. The Labute approximate surface area is 114 Å². The Hall–Kier alpha value is -1.19. The summed E-state index contributed by atoms with van der Waals surface area (Å²) in [6.45, 7) is 13.5. The third-order valence-electron chi connectivity index (χ3n) is 2.13. The lowest BCUT2D eigenvalue weighted by Crippen LogP contribution is -2.12. The number of hydrogen-bond donors (Lipinski definition) is 1.